The van der Waals surface area contributed by atoms with Gasteiger partial charge in [0.2, 0.25) is 5.65 Å². The minimum atomic E-state index is -0.272. The number of hydrogen-bond donors (Lipinski definition) is 2. The van der Waals surface area contributed by atoms with E-state index in [2.05, 4.69) is 31.1 Å². The first-order chi connectivity index (χ1) is 16.2. The number of amides is 1. The van der Waals surface area contributed by atoms with E-state index in [1.165, 1.54) is 0 Å². The summed E-state index contributed by atoms with van der Waals surface area (Å²) in [4.78, 5) is 17.5. The van der Waals surface area contributed by atoms with Crippen LogP contribution in [0.2, 0.25) is 0 Å². The number of carbonyl (C=O) groups is 1. The standard InChI is InChI=1S/C23H19N7O3/c1-32-19-11-10-16(13-20(19)33-2)25-23(31)14-6-5-7-15(12-14)24-21-22-27-28-29-30(22)18-9-4-3-8-17(18)26-21/h3-13H,1-2H3,(H,24,26)(H,25,31). The van der Waals surface area contributed by atoms with Crippen LogP contribution in [0.4, 0.5) is 17.2 Å². The Labute approximate surface area is 188 Å². The van der Waals surface area contributed by atoms with Gasteiger partial charge in [0, 0.05) is 23.0 Å². The summed E-state index contributed by atoms with van der Waals surface area (Å²) in [5.41, 5.74) is 3.74. The lowest BCUT2D eigenvalue weighted by molar-refractivity contribution is 0.102. The van der Waals surface area contributed by atoms with Gasteiger partial charge in [0.1, 0.15) is 0 Å². The first-order valence-corrected chi connectivity index (χ1v) is 10.0. The second-order valence-electron chi connectivity index (χ2n) is 7.09. The van der Waals surface area contributed by atoms with Crippen LogP contribution in [0.1, 0.15) is 10.4 Å². The number of anilines is 3. The van der Waals surface area contributed by atoms with Crippen molar-refractivity contribution in [1.29, 1.82) is 0 Å². The molecule has 0 radical (unpaired) electrons. The lowest BCUT2D eigenvalue weighted by Crippen LogP contribution is -2.12. The van der Waals surface area contributed by atoms with E-state index < -0.39 is 0 Å². The monoisotopic (exact) mass is 441 g/mol. The molecule has 1 amide bonds. The van der Waals surface area contributed by atoms with E-state index >= 15 is 0 Å². The lowest BCUT2D eigenvalue weighted by Gasteiger charge is -2.12. The first-order valence-electron chi connectivity index (χ1n) is 10.0. The maximum Gasteiger partial charge on any atom is 0.255 e. The highest BCUT2D eigenvalue weighted by Crippen LogP contribution is 2.30. The Morgan fingerprint density at radius 2 is 1.76 bits per heavy atom. The molecule has 10 nitrogen and oxygen atoms in total. The Balaban J connectivity index is 1.42. The molecule has 0 aliphatic rings. The summed E-state index contributed by atoms with van der Waals surface area (Å²) < 4.78 is 12.2. The zero-order valence-electron chi connectivity index (χ0n) is 17.8. The van der Waals surface area contributed by atoms with Gasteiger partial charge in [-0.1, -0.05) is 18.2 Å². The van der Waals surface area contributed by atoms with E-state index in [4.69, 9.17) is 9.47 Å². The number of ether oxygens (including phenoxy) is 2. The SMILES string of the molecule is COc1ccc(NC(=O)c2cccc(Nc3nc4ccccc4n4nnnc34)c2)cc1OC. The van der Waals surface area contributed by atoms with Crippen molar-refractivity contribution in [2.75, 3.05) is 24.9 Å². The van der Waals surface area contributed by atoms with Crippen molar-refractivity contribution < 1.29 is 14.3 Å². The number of rotatable bonds is 6. The van der Waals surface area contributed by atoms with Gasteiger partial charge in [0.05, 0.1) is 25.3 Å². The van der Waals surface area contributed by atoms with Crippen molar-refractivity contribution in [2.45, 2.75) is 0 Å². The molecule has 0 fully saturated rings. The molecule has 164 valence electrons. The number of nitrogens with one attached hydrogen (secondary N) is 2. The van der Waals surface area contributed by atoms with Crippen molar-refractivity contribution in [3.05, 3.63) is 72.3 Å². The highest BCUT2D eigenvalue weighted by molar-refractivity contribution is 6.05. The van der Waals surface area contributed by atoms with Crippen molar-refractivity contribution in [1.82, 2.24) is 25.0 Å². The fraction of sp³-hybridized carbons (Fsp3) is 0.0870. The van der Waals surface area contributed by atoms with Gasteiger partial charge in [-0.15, -0.1) is 5.10 Å². The van der Waals surface area contributed by atoms with Crippen molar-refractivity contribution in [3.8, 4) is 11.5 Å². The molecule has 5 rings (SSSR count). The molecule has 2 N–H and O–H groups in total. The number of hydrogen-bond acceptors (Lipinski definition) is 8. The molecule has 0 aliphatic carbocycles. The zero-order valence-corrected chi connectivity index (χ0v) is 17.8. The Morgan fingerprint density at radius 3 is 2.61 bits per heavy atom. The minimum Gasteiger partial charge on any atom is -0.493 e. The largest absolute Gasteiger partial charge is 0.493 e. The number of fused-ring (bicyclic) bond motifs is 3. The number of nitrogens with zero attached hydrogens (tertiary/aromatic N) is 5. The summed E-state index contributed by atoms with van der Waals surface area (Å²) in [5, 5.41) is 18.0. The third-order valence-electron chi connectivity index (χ3n) is 5.05. The number of tetrazole rings is 1. The zero-order chi connectivity index (χ0) is 22.8. The quantitative estimate of drug-likeness (QED) is 0.410. The van der Waals surface area contributed by atoms with Crippen LogP contribution in [0.25, 0.3) is 16.7 Å². The summed E-state index contributed by atoms with van der Waals surface area (Å²) in [7, 11) is 3.10. The van der Waals surface area contributed by atoms with Crippen LogP contribution in [0, 0.1) is 0 Å². The average Bonchev–Trinajstić information content (AvgIpc) is 3.35. The number of para-hydroxylation sites is 2. The molecule has 2 heterocycles. The molecule has 3 aromatic carbocycles. The number of carbonyl (C=O) groups excluding carboxylic acids is 1. The molecular weight excluding hydrogens is 422 g/mol. The van der Waals surface area contributed by atoms with Crippen LogP contribution in [0.5, 0.6) is 11.5 Å². The molecule has 0 saturated heterocycles. The van der Waals surface area contributed by atoms with Crippen LogP contribution in [-0.4, -0.2) is 45.2 Å². The minimum absolute atomic E-state index is 0.272. The molecule has 10 heteroatoms. The van der Waals surface area contributed by atoms with Gasteiger partial charge >= 0.3 is 0 Å². The summed E-state index contributed by atoms with van der Waals surface area (Å²) in [6, 6.07) is 19.8. The molecule has 0 spiro atoms. The molecule has 0 saturated carbocycles. The second kappa shape index (κ2) is 8.42. The summed E-state index contributed by atoms with van der Waals surface area (Å²) >= 11 is 0. The molecule has 0 bridgehead atoms. The fourth-order valence-electron chi connectivity index (χ4n) is 3.48. The maximum absolute atomic E-state index is 12.9. The Morgan fingerprint density at radius 1 is 0.909 bits per heavy atom. The van der Waals surface area contributed by atoms with Crippen molar-refractivity contribution in [3.63, 3.8) is 0 Å². The summed E-state index contributed by atoms with van der Waals surface area (Å²) in [5.74, 6) is 1.32. The van der Waals surface area contributed by atoms with Gasteiger partial charge in [-0.25, -0.2) is 4.98 Å². The van der Waals surface area contributed by atoms with Gasteiger partial charge in [-0.2, -0.15) is 4.52 Å². The van der Waals surface area contributed by atoms with E-state index in [0.29, 0.717) is 39.9 Å². The van der Waals surface area contributed by atoms with Crippen LogP contribution in [0.3, 0.4) is 0 Å². The molecule has 5 aromatic rings. The first kappa shape index (κ1) is 20.2. The number of benzene rings is 3. The third-order valence-corrected chi connectivity index (χ3v) is 5.05. The second-order valence-corrected chi connectivity index (χ2v) is 7.09. The van der Waals surface area contributed by atoms with E-state index in [9.17, 15) is 4.79 Å². The van der Waals surface area contributed by atoms with E-state index in [0.717, 1.165) is 11.0 Å². The van der Waals surface area contributed by atoms with E-state index in [1.54, 1.807) is 55.1 Å². The highest BCUT2D eigenvalue weighted by atomic mass is 16.5. The van der Waals surface area contributed by atoms with Crippen LogP contribution < -0.4 is 20.1 Å². The van der Waals surface area contributed by atoms with E-state index in [1.807, 2.05) is 30.3 Å². The third kappa shape index (κ3) is 3.85. The number of methoxy groups -OCH3 is 2. The van der Waals surface area contributed by atoms with Crippen LogP contribution in [-0.2, 0) is 0 Å². The smallest absolute Gasteiger partial charge is 0.255 e. The average molecular weight is 441 g/mol. The summed E-state index contributed by atoms with van der Waals surface area (Å²) in [6.45, 7) is 0. The van der Waals surface area contributed by atoms with Gasteiger partial charge in [-0.05, 0) is 52.9 Å². The topological polar surface area (TPSA) is 116 Å². The Hall–Kier alpha value is -4.73. The normalized spacial score (nSPS) is 10.8. The molecule has 0 unspecified atom stereocenters. The number of aromatic nitrogens is 5. The Bertz CT molecular complexity index is 1480. The Kier molecular flexibility index (Phi) is 5.15. The highest BCUT2D eigenvalue weighted by Gasteiger charge is 2.13. The van der Waals surface area contributed by atoms with Gasteiger partial charge in [0.15, 0.2) is 17.3 Å². The molecule has 33 heavy (non-hydrogen) atoms. The van der Waals surface area contributed by atoms with Gasteiger partial charge < -0.3 is 20.1 Å². The van der Waals surface area contributed by atoms with E-state index in [-0.39, 0.29) is 5.91 Å². The van der Waals surface area contributed by atoms with Gasteiger partial charge in [-0.3, -0.25) is 4.79 Å². The van der Waals surface area contributed by atoms with Gasteiger partial charge in [0.25, 0.3) is 5.91 Å². The molecule has 0 atom stereocenters. The fourth-order valence-corrected chi connectivity index (χ4v) is 3.48. The van der Waals surface area contributed by atoms with Crippen molar-refractivity contribution >= 4 is 39.8 Å². The molecule has 0 aliphatic heterocycles. The predicted molar refractivity (Wildman–Crippen MR) is 123 cm³/mol. The maximum atomic E-state index is 12.9. The van der Waals surface area contributed by atoms with Crippen LogP contribution in [0.15, 0.2) is 66.7 Å². The predicted octanol–water partition coefficient (Wildman–Crippen LogP) is 3.69. The molecular formula is C23H19N7O3. The van der Waals surface area contributed by atoms with Crippen LogP contribution >= 0.6 is 0 Å². The van der Waals surface area contributed by atoms with Crippen molar-refractivity contribution in [2.24, 2.45) is 0 Å². The lowest BCUT2D eigenvalue weighted by atomic mass is 10.1. The molecule has 2 aromatic heterocycles. The summed E-state index contributed by atoms with van der Waals surface area (Å²) in [6.07, 6.45) is 0.